The molecule has 0 amide bonds. The largest absolute Gasteiger partial charge is 0.302 e. The smallest absolute Gasteiger partial charge is 0.186 e. The van der Waals surface area contributed by atoms with Gasteiger partial charge in [-0.3, -0.25) is 0 Å². The van der Waals surface area contributed by atoms with Crippen molar-refractivity contribution < 1.29 is 8.76 Å². The van der Waals surface area contributed by atoms with Crippen molar-refractivity contribution in [1.29, 1.82) is 0 Å². The quantitative estimate of drug-likeness (QED) is 0.503. The summed E-state index contributed by atoms with van der Waals surface area (Å²) in [5.74, 6) is 2.38. The van der Waals surface area contributed by atoms with Crippen molar-refractivity contribution in [2.24, 2.45) is 0 Å². The molecule has 3 heteroatoms. The van der Waals surface area contributed by atoms with E-state index in [0.717, 1.165) is 0 Å². The van der Waals surface area contributed by atoms with Gasteiger partial charge in [-0.05, 0) is 18.2 Å². The Bertz CT molecular complexity index is 325. The first-order valence-electron chi connectivity index (χ1n) is 2.91. The number of hydrogen-bond acceptors (Lipinski definition) is 1. The van der Waals surface area contributed by atoms with Crippen molar-refractivity contribution >= 4 is 11.1 Å². The van der Waals surface area contributed by atoms with E-state index in [-0.39, 0.29) is 0 Å². The number of benzene rings is 1. The van der Waals surface area contributed by atoms with Crippen molar-refractivity contribution in [2.45, 2.75) is 4.90 Å². The minimum absolute atomic E-state index is 0.334. The summed E-state index contributed by atoms with van der Waals surface area (Å²) >= 11 is -1.94. The Kier molecular flexibility index (Phi) is 2.42. The first-order valence-corrected chi connectivity index (χ1v) is 4.02. The van der Waals surface area contributed by atoms with Gasteiger partial charge in [-0.1, -0.05) is 12.0 Å². The van der Waals surface area contributed by atoms with Crippen molar-refractivity contribution in [3.63, 3.8) is 0 Å². The zero-order valence-corrected chi connectivity index (χ0v) is 6.47. The van der Waals surface area contributed by atoms with Crippen molar-refractivity contribution in [3.05, 3.63) is 29.8 Å². The first kappa shape index (κ1) is 7.99. The fraction of sp³-hybridized carbons (Fsp3) is 0. The van der Waals surface area contributed by atoms with Gasteiger partial charge in [0.05, 0.1) is 4.90 Å². The Morgan fingerprint density at radius 1 is 1.55 bits per heavy atom. The van der Waals surface area contributed by atoms with Gasteiger partial charge in [0.15, 0.2) is 11.1 Å². The summed E-state index contributed by atoms with van der Waals surface area (Å²) in [5.41, 5.74) is 0.616. The molecule has 0 aliphatic carbocycles. The fourth-order valence-electron chi connectivity index (χ4n) is 0.695. The maximum atomic E-state index is 10.5. The summed E-state index contributed by atoms with van der Waals surface area (Å²) in [6.07, 6.45) is 5.09. The Labute approximate surface area is 67.5 Å². The number of terminal acetylenes is 1. The van der Waals surface area contributed by atoms with Crippen LogP contribution < -0.4 is 0 Å². The van der Waals surface area contributed by atoms with Crippen molar-refractivity contribution in [1.82, 2.24) is 0 Å². The summed E-state index contributed by atoms with van der Waals surface area (Å²) in [5, 5.41) is 0. The summed E-state index contributed by atoms with van der Waals surface area (Å²) in [7, 11) is 0. The van der Waals surface area contributed by atoms with E-state index in [1.54, 1.807) is 18.2 Å². The van der Waals surface area contributed by atoms with E-state index in [0.29, 0.717) is 10.5 Å². The van der Waals surface area contributed by atoms with Crippen LogP contribution in [0.5, 0.6) is 0 Å². The molecule has 0 spiro atoms. The Morgan fingerprint density at radius 3 is 2.82 bits per heavy atom. The summed E-state index contributed by atoms with van der Waals surface area (Å²) in [4.78, 5) is 0.334. The molecule has 0 radical (unpaired) electrons. The monoisotopic (exact) mass is 166 g/mol. The van der Waals surface area contributed by atoms with Crippen LogP contribution in [0.4, 0.5) is 0 Å². The Morgan fingerprint density at radius 2 is 2.27 bits per heavy atom. The predicted octanol–water partition coefficient (Wildman–Crippen LogP) is 1.25. The molecule has 0 heterocycles. The molecule has 0 aliphatic rings. The molecule has 2 nitrogen and oxygen atoms in total. The summed E-state index contributed by atoms with van der Waals surface area (Å²) in [6, 6.07) is 6.42. The van der Waals surface area contributed by atoms with E-state index in [1.807, 2.05) is 0 Å². The number of rotatable bonds is 1. The van der Waals surface area contributed by atoms with E-state index >= 15 is 0 Å². The van der Waals surface area contributed by atoms with Gasteiger partial charge < -0.3 is 4.55 Å². The van der Waals surface area contributed by atoms with E-state index < -0.39 is 11.1 Å². The van der Waals surface area contributed by atoms with Crippen LogP contribution in [-0.2, 0) is 11.1 Å². The third-order valence-corrected chi connectivity index (χ3v) is 1.86. The lowest BCUT2D eigenvalue weighted by Gasteiger charge is -1.93. The average Bonchev–Trinajstić information content (AvgIpc) is 2.05. The molecule has 1 aromatic rings. The molecule has 1 rings (SSSR count). The third-order valence-electron chi connectivity index (χ3n) is 1.20. The van der Waals surface area contributed by atoms with Crippen LogP contribution in [0, 0.1) is 12.3 Å². The second kappa shape index (κ2) is 3.33. The normalized spacial score (nSPS) is 12.0. The molecule has 0 aromatic heterocycles. The third kappa shape index (κ3) is 1.90. The second-order valence-corrected chi connectivity index (χ2v) is 2.89. The standard InChI is InChI=1S/C8H6O2S/c1-2-7-4-3-5-8(6-7)11(9)10/h1,3-6H,(H,9,10). The lowest BCUT2D eigenvalue weighted by molar-refractivity contribution is 0.564. The molecule has 1 atom stereocenters. The topological polar surface area (TPSA) is 37.3 Å². The van der Waals surface area contributed by atoms with Crippen molar-refractivity contribution in [3.8, 4) is 12.3 Å². The van der Waals surface area contributed by atoms with Crippen LogP contribution in [-0.4, -0.2) is 8.76 Å². The fourth-order valence-corrected chi connectivity index (χ4v) is 1.12. The van der Waals surface area contributed by atoms with Gasteiger partial charge in [0, 0.05) is 5.56 Å². The molecule has 11 heavy (non-hydrogen) atoms. The zero-order valence-electron chi connectivity index (χ0n) is 5.65. The minimum atomic E-state index is -1.94. The van der Waals surface area contributed by atoms with Gasteiger partial charge in [0.1, 0.15) is 0 Å². The summed E-state index contributed by atoms with van der Waals surface area (Å²) < 4.78 is 19.2. The highest BCUT2D eigenvalue weighted by atomic mass is 32.2. The van der Waals surface area contributed by atoms with E-state index in [2.05, 4.69) is 5.92 Å². The molecule has 56 valence electrons. The van der Waals surface area contributed by atoms with Gasteiger partial charge >= 0.3 is 0 Å². The van der Waals surface area contributed by atoms with Gasteiger partial charge in [-0.2, -0.15) is 0 Å². The maximum absolute atomic E-state index is 10.5. The molecule has 0 fully saturated rings. The Balaban J connectivity index is 3.13. The highest BCUT2D eigenvalue weighted by molar-refractivity contribution is 7.79. The number of hydrogen-bond donors (Lipinski definition) is 1. The van der Waals surface area contributed by atoms with Gasteiger partial charge in [-0.25, -0.2) is 4.21 Å². The Hall–Kier alpha value is -1.11. The van der Waals surface area contributed by atoms with Crippen LogP contribution in [0.2, 0.25) is 0 Å². The van der Waals surface area contributed by atoms with Crippen LogP contribution in [0.15, 0.2) is 29.2 Å². The predicted molar refractivity (Wildman–Crippen MR) is 43.4 cm³/mol. The highest BCUT2D eigenvalue weighted by Crippen LogP contribution is 2.06. The molecule has 1 N–H and O–H groups in total. The molecule has 0 saturated carbocycles. The molecular formula is C8H6O2S. The first-order chi connectivity index (χ1) is 5.24. The van der Waals surface area contributed by atoms with Gasteiger partial charge in [-0.15, -0.1) is 6.42 Å². The van der Waals surface area contributed by atoms with Crippen LogP contribution in [0.3, 0.4) is 0 Å². The van der Waals surface area contributed by atoms with E-state index in [1.165, 1.54) is 6.07 Å². The molecule has 1 unspecified atom stereocenters. The van der Waals surface area contributed by atoms with Crippen LogP contribution >= 0.6 is 0 Å². The highest BCUT2D eigenvalue weighted by Gasteiger charge is 1.97. The van der Waals surface area contributed by atoms with Crippen LogP contribution in [0.25, 0.3) is 0 Å². The maximum Gasteiger partial charge on any atom is 0.186 e. The molecule has 0 saturated heterocycles. The molecular weight excluding hydrogens is 160 g/mol. The van der Waals surface area contributed by atoms with Gasteiger partial charge in [0.25, 0.3) is 0 Å². The average molecular weight is 166 g/mol. The van der Waals surface area contributed by atoms with Crippen LogP contribution in [0.1, 0.15) is 5.56 Å². The van der Waals surface area contributed by atoms with Gasteiger partial charge in [0.2, 0.25) is 0 Å². The van der Waals surface area contributed by atoms with E-state index in [9.17, 15) is 4.21 Å². The van der Waals surface area contributed by atoms with E-state index in [4.69, 9.17) is 11.0 Å². The molecule has 1 aromatic carbocycles. The zero-order chi connectivity index (χ0) is 8.27. The molecule has 0 bridgehead atoms. The summed E-state index contributed by atoms with van der Waals surface area (Å²) in [6.45, 7) is 0. The molecule has 0 aliphatic heterocycles. The lowest BCUT2D eigenvalue weighted by Crippen LogP contribution is -1.87. The SMILES string of the molecule is C#Cc1cccc(S(=O)O)c1. The van der Waals surface area contributed by atoms with Crippen molar-refractivity contribution in [2.75, 3.05) is 0 Å². The second-order valence-electron chi connectivity index (χ2n) is 1.92. The lowest BCUT2D eigenvalue weighted by atomic mass is 10.2. The minimum Gasteiger partial charge on any atom is -0.302 e.